The van der Waals surface area contributed by atoms with Crippen molar-refractivity contribution in [2.24, 2.45) is 0 Å². The summed E-state index contributed by atoms with van der Waals surface area (Å²) in [7, 11) is 0. The van der Waals surface area contributed by atoms with Gasteiger partial charge in [-0.25, -0.2) is 0 Å². The van der Waals surface area contributed by atoms with Crippen LogP contribution in [0.2, 0.25) is 0 Å². The molecule has 0 N–H and O–H groups in total. The Morgan fingerprint density at radius 3 is 1.37 bits per heavy atom. The highest BCUT2D eigenvalue weighted by Crippen LogP contribution is 2.32. The number of hydrogen-bond donors (Lipinski definition) is 0. The van der Waals surface area contributed by atoms with Gasteiger partial charge in [-0.15, -0.1) is 0 Å². The van der Waals surface area contributed by atoms with Crippen LogP contribution in [-0.4, -0.2) is 9.13 Å². The van der Waals surface area contributed by atoms with E-state index in [1.807, 2.05) is 0 Å². The first-order chi connectivity index (χ1) is 17.1. The van der Waals surface area contributed by atoms with Crippen molar-refractivity contribution in [3.05, 3.63) is 141 Å². The molecular weight excluding hydrogens is 560 g/mol. The highest BCUT2D eigenvalue weighted by Gasteiger charge is 2.15. The highest BCUT2D eigenvalue weighted by atomic mass is 79.9. The Morgan fingerprint density at radius 2 is 0.943 bits per heavy atom. The molecule has 0 saturated heterocycles. The molecule has 172 valence electrons. The maximum atomic E-state index is 3.70. The molecule has 2 heterocycles. The molecule has 0 fully saturated rings. The van der Waals surface area contributed by atoms with E-state index in [1.54, 1.807) is 0 Å². The van der Waals surface area contributed by atoms with E-state index in [9.17, 15) is 0 Å². The molecule has 0 radical (unpaired) electrons. The van der Waals surface area contributed by atoms with Crippen LogP contribution in [0.15, 0.2) is 118 Å². The van der Waals surface area contributed by atoms with E-state index in [1.165, 1.54) is 44.1 Å². The molecule has 0 aliphatic carbocycles. The van der Waals surface area contributed by atoms with E-state index in [0.717, 1.165) is 28.5 Å². The molecule has 0 atom stereocenters. The number of aromatic nitrogens is 2. The van der Waals surface area contributed by atoms with Crippen LogP contribution in [0.25, 0.3) is 21.8 Å². The van der Waals surface area contributed by atoms with E-state index in [-0.39, 0.29) is 0 Å². The van der Waals surface area contributed by atoms with Gasteiger partial charge < -0.3 is 9.13 Å². The third kappa shape index (κ3) is 4.61. The van der Waals surface area contributed by atoms with Crippen molar-refractivity contribution >= 4 is 53.7 Å². The number of hydrogen-bond acceptors (Lipinski definition) is 0. The van der Waals surface area contributed by atoms with Crippen molar-refractivity contribution in [2.75, 3.05) is 0 Å². The van der Waals surface area contributed by atoms with Crippen LogP contribution in [0.5, 0.6) is 0 Å². The van der Waals surface area contributed by atoms with Gasteiger partial charge in [0.25, 0.3) is 0 Å². The summed E-state index contributed by atoms with van der Waals surface area (Å²) in [4.78, 5) is 0. The molecule has 2 aromatic heterocycles. The Labute approximate surface area is 222 Å². The molecule has 6 aromatic rings. The number of halogens is 2. The van der Waals surface area contributed by atoms with Gasteiger partial charge in [0.2, 0.25) is 0 Å². The molecular formula is C31H24Br2N2. The van der Waals surface area contributed by atoms with Crippen LogP contribution in [0.3, 0.4) is 0 Å². The van der Waals surface area contributed by atoms with Crippen molar-refractivity contribution in [3.63, 3.8) is 0 Å². The standard InChI is InChI=1S/C31H24Br2N2/c32-26-11-13-30-28(16-26)24(20-34(30)18-22-7-3-1-4-8-22)15-25-21-35(19-23-9-5-2-6-10-23)31-14-12-27(33)17-29(25)31/h1-14,16-17,20-21H,15,18-19H2. The van der Waals surface area contributed by atoms with Gasteiger partial charge in [0.15, 0.2) is 0 Å². The van der Waals surface area contributed by atoms with Crippen molar-refractivity contribution in [1.29, 1.82) is 0 Å². The zero-order valence-corrected chi connectivity index (χ0v) is 22.3. The molecule has 35 heavy (non-hydrogen) atoms. The molecule has 0 spiro atoms. The maximum absolute atomic E-state index is 3.70. The van der Waals surface area contributed by atoms with Crippen molar-refractivity contribution < 1.29 is 0 Å². The summed E-state index contributed by atoms with van der Waals surface area (Å²) in [6, 6.07) is 34.6. The fourth-order valence-electron chi connectivity index (χ4n) is 5.00. The minimum absolute atomic E-state index is 0.861. The average Bonchev–Trinajstić information content (AvgIpc) is 3.37. The lowest BCUT2D eigenvalue weighted by atomic mass is 10.0. The monoisotopic (exact) mass is 582 g/mol. The molecule has 0 bridgehead atoms. The van der Waals surface area contributed by atoms with Crippen LogP contribution in [0, 0.1) is 0 Å². The fraction of sp³-hybridized carbons (Fsp3) is 0.0968. The van der Waals surface area contributed by atoms with Gasteiger partial charge in [-0.3, -0.25) is 0 Å². The van der Waals surface area contributed by atoms with E-state index < -0.39 is 0 Å². The summed E-state index contributed by atoms with van der Waals surface area (Å²) in [5, 5.41) is 2.60. The summed E-state index contributed by atoms with van der Waals surface area (Å²) in [6.45, 7) is 1.72. The zero-order valence-electron chi connectivity index (χ0n) is 19.2. The van der Waals surface area contributed by atoms with Crippen molar-refractivity contribution in [1.82, 2.24) is 9.13 Å². The van der Waals surface area contributed by atoms with E-state index in [0.29, 0.717) is 0 Å². The van der Waals surface area contributed by atoms with Gasteiger partial charge in [-0.1, -0.05) is 92.5 Å². The topological polar surface area (TPSA) is 9.86 Å². The summed E-state index contributed by atoms with van der Waals surface area (Å²) in [5.41, 5.74) is 7.83. The van der Waals surface area contributed by atoms with E-state index in [4.69, 9.17) is 0 Å². The molecule has 0 aliphatic rings. The van der Waals surface area contributed by atoms with E-state index in [2.05, 4.69) is 150 Å². The van der Waals surface area contributed by atoms with Gasteiger partial charge in [0, 0.05) is 62.7 Å². The first-order valence-corrected chi connectivity index (χ1v) is 13.3. The lowest BCUT2D eigenvalue weighted by Gasteiger charge is -2.05. The molecule has 4 aromatic carbocycles. The van der Waals surface area contributed by atoms with Gasteiger partial charge in [0.05, 0.1) is 0 Å². The molecule has 2 nitrogen and oxygen atoms in total. The SMILES string of the molecule is Brc1ccc2c(c1)c(Cc1cn(Cc3ccccc3)c3ccc(Br)cc13)cn2Cc1ccccc1. The minimum atomic E-state index is 0.861. The number of rotatable bonds is 6. The van der Waals surface area contributed by atoms with Gasteiger partial charge in [-0.05, 0) is 58.7 Å². The summed E-state index contributed by atoms with van der Waals surface area (Å²) >= 11 is 7.40. The smallest absolute Gasteiger partial charge is 0.0487 e. The second-order valence-corrected chi connectivity index (χ2v) is 10.9. The maximum Gasteiger partial charge on any atom is 0.0487 e. The Morgan fingerprint density at radius 1 is 0.514 bits per heavy atom. The van der Waals surface area contributed by atoms with Crippen molar-refractivity contribution in [3.8, 4) is 0 Å². The molecule has 6 rings (SSSR count). The highest BCUT2D eigenvalue weighted by molar-refractivity contribution is 9.10. The quantitative estimate of drug-likeness (QED) is 0.185. The van der Waals surface area contributed by atoms with Gasteiger partial charge in [0.1, 0.15) is 0 Å². The second-order valence-electron chi connectivity index (χ2n) is 9.04. The third-order valence-electron chi connectivity index (χ3n) is 6.62. The second kappa shape index (κ2) is 9.52. The first-order valence-electron chi connectivity index (χ1n) is 11.8. The average molecular weight is 584 g/mol. The molecule has 0 saturated carbocycles. The molecule has 4 heteroatoms. The number of nitrogens with zero attached hydrogens (tertiary/aromatic N) is 2. The van der Waals surface area contributed by atoms with Crippen LogP contribution >= 0.6 is 31.9 Å². The summed E-state index contributed by atoms with van der Waals surface area (Å²) < 4.78 is 6.98. The molecule has 0 amide bonds. The molecule has 0 unspecified atom stereocenters. The van der Waals surface area contributed by atoms with Crippen molar-refractivity contribution in [2.45, 2.75) is 19.5 Å². The Kier molecular flexibility index (Phi) is 6.09. The van der Waals surface area contributed by atoms with E-state index >= 15 is 0 Å². The fourth-order valence-corrected chi connectivity index (χ4v) is 5.72. The number of fused-ring (bicyclic) bond motifs is 2. The van der Waals surface area contributed by atoms with Crippen LogP contribution in [-0.2, 0) is 19.5 Å². The molecule has 0 aliphatic heterocycles. The zero-order chi connectivity index (χ0) is 23.8. The first kappa shape index (κ1) is 22.4. The summed E-state index contributed by atoms with van der Waals surface area (Å²) in [5.74, 6) is 0. The Bertz CT molecular complexity index is 1510. The van der Waals surface area contributed by atoms with Crippen LogP contribution in [0.4, 0.5) is 0 Å². The lowest BCUT2D eigenvalue weighted by molar-refractivity contribution is 0.827. The number of benzene rings is 4. The lowest BCUT2D eigenvalue weighted by Crippen LogP contribution is -1.97. The Balaban J connectivity index is 1.43. The largest absolute Gasteiger partial charge is 0.343 e. The predicted molar refractivity (Wildman–Crippen MR) is 153 cm³/mol. The third-order valence-corrected chi connectivity index (χ3v) is 7.61. The van der Waals surface area contributed by atoms with Crippen LogP contribution in [0.1, 0.15) is 22.3 Å². The minimum Gasteiger partial charge on any atom is -0.343 e. The van der Waals surface area contributed by atoms with Crippen LogP contribution < -0.4 is 0 Å². The normalized spacial score (nSPS) is 11.5. The summed E-state index contributed by atoms with van der Waals surface area (Å²) in [6.07, 6.45) is 5.55. The van der Waals surface area contributed by atoms with Gasteiger partial charge in [-0.2, -0.15) is 0 Å². The van der Waals surface area contributed by atoms with Gasteiger partial charge >= 0.3 is 0 Å². The predicted octanol–water partition coefficient (Wildman–Crippen LogP) is 8.81. The Hall–Kier alpha value is -3.08.